The van der Waals surface area contributed by atoms with E-state index in [9.17, 15) is 4.79 Å². The van der Waals surface area contributed by atoms with Crippen molar-refractivity contribution in [3.63, 3.8) is 0 Å². The van der Waals surface area contributed by atoms with Crippen molar-refractivity contribution in [2.75, 3.05) is 13.6 Å². The Morgan fingerprint density at radius 1 is 1.41 bits per heavy atom. The summed E-state index contributed by atoms with van der Waals surface area (Å²) in [6, 6.07) is 5.78. The Kier molecular flexibility index (Phi) is 5.19. The molecule has 94 valence electrons. The molecule has 0 unspecified atom stereocenters. The maximum atomic E-state index is 12.2. The van der Waals surface area contributed by atoms with Crippen molar-refractivity contribution >= 4 is 21.8 Å². The van der Waals surface area contributed by atoms with Crippen LogP contribution in [0.15, 0.2) is 22.7 Å². The van der Waals surface area contributed by atoms with Crippen LogP contribution in [0.1, 0.15) is 36.2 Å². The van der Waals surface area contributed by atoms with E-state index in [1.807, 2.05) is 32.2 Å². The molecular formula is C14H20BrNO. The first-order chi connectivity index (χ1) is 7.93. The summed E-state index contributed by atoms with van der Waals surface area (Å²) in [4.78, 5) is 14.0. The number of benzene rings is 1. The second-order valence-electron chi connectivity index (χ2n) is 4.85. The van der Waals surface area contributed by atoms with Crippen molar-refractivity contribution in [1.29, 1.82) is 0 Å². The number of hydrogen-bond acceptors (Lipinski definition) is 1. The molecule has 0 fully saturated rings. The molecule has 0 aromatic heterocycles. The van der Waals surface area contributed by atoms with Gasteiger partial charge in [-0.2, -0.15) is 0 Å². The molecule has 0 bridgehead atoms. The lowest BCUT2D eigenvalue weighted by Crippen LogP contribution is -2.28. The normalized spacial score (nSPS) is 10.7. The highest BCUT2D eigenvalue weighted by Crippen LogP contribution is 2.22. The van der Waals surface area contributed by atoms with E-state index in [0.29, 0.717) is 5.92 Å². The van der Waals surface area contributed by atoms with E-state index in [2.05, 4.69) is 29.8 Å². The van der Waals surface area contributed by atoms with Gasteiger partial charge in [0.25, 0.3) is 5.91 Å². The van der Waals surface area contributed by atoms with Gasteiger partial charge in [0.15, 0.2) is 0 Å². The molecule has 3 heteroatoms. The number of halogens is 1. The Morgan fingerprint density at radius 2 is 2.06 bits per heavy atom. The molecule has 1 aromatic rings. The molecule has 0 N–H and O–H groups in total. The summed E-state index contributed by atoms with van der Waals surface area (Å²) in [6.07, 6.45) is 1.03. The van der Waals surface area contributed by atoms with Crippen LogP contribution in [0.25, 0.3) is 0 Å². The maximum Gasteiger partial charge on any atom is 0.254 e. The van der Waals surface area contributed by atoms with E-state index in [4.69, 9.17) is 0 Å². The number of nitrogens with zero attached hydrogens (tertiary/aromatic N) is 1. The summed E-state index contributed by atoms with van der Waals surface area (Å²) in [6.45, 7) is 7.13. The van der Waals surface area contributed by atoms with E-state index < -0.39 is 0 Å². The summed E-state index contributed by atoms with van der Waals surface area (Å²) in [5.41, 5.74) is 1.84. The largest absolute Gasteiger partial charge is 0.342 e. The number of carbonyl (C=O) groups is 1. The van der Waals surface area contributed by atoms with Gasteiger partial charge in [-0.1, -0.05) is 26.0 Å². The predicted molar refractivity (Wildman–Crippen MR) is 75.3 cm³/mol. The topological polar surface area (TPSA) is 20.3 Å². The molecule has 17 heavy (non-hydrogen) atoms. The molecule has 0 atom stereocenters. The third kappa shape index (κ3) is 3.84. The van der Waals surface area contributed by atoms with Crippen LogP contribution in [0.5, 0.6) is 0 Å². The summed E-state index contributed by atoms with van der Waals surface area (Å²) < 4.78 is 0.904. The van der Waals surface area contributed by atoms with Crippen LogP contribution in [0.4, 0.5) is 0 Å². The monoisotopic (exact) mass is 297 g/mol. The molecule has 0 spiro atoms. The Hall–Kier alpha value is -0.830. The Bertz CT molecular complexity index is 401. The number of rotatable bonds is 4. The lowest BCUT2D eigenvalue weighted by atomic mass is 10.1. The van der Waals surface area contributed by atoms with Crippen LogP contribution < -0.4 is 0 Å². The zero-order valence-corrected chi connectivity index (χ0v) is 12.5. The summed E-state index contributed by atoms with van der Waals surface area (Å²) >= 11 is 3.48. The van der Waals surface area contributed by atoms with Crippen molar-refractivity contribution in [2.24, 2.45) is 5.92 Å². The number of amides is 1. The van der Waals surface area contributed by atoms with Crippen LogP contribution in [-0.4, -0.2) is 24.4 Å². The lowest BCUT2D eigenvalue weighted by molar-refractivity contribution is 0.0788. The Labute approximate surface area is 112 Å². The lowest BCUT2D eigenvalue weighted by Gasteiger charge is -2.19. The Morgan fingerprint density at radius 3 is 2.65 bits per heavy atom. The summed E-state index contributed by atoms with van der Waals surface area (Å²) in [5.74, 6) is 0.701. The average Bonchev–Trinajstić information content (AvgIpc) is 2.28. The second-order valence-corrected chi connectivity index (χ2v) is 5.64. The van der Waals surface area contributed by atoms with E-state index in [1.54, 1.807) is 4.90 Å². The first-order valence-electron chi connectivity index (χ1n) is 5.94. The molecule has 2 nitrogen and oxygen atoms in total. The third-order valence-corrected chi connectivity index (χ3v) is 3.86. The van der Waals surface area contributed by atoms with Crippen molar-refractivity contribution in [3.05, 3.63) is 33.8 Å². The minimum absolute atomic E-state index is 0.0845. The van der Waals surface area contributed by atoms with Crippen LogP contribution in [0.3, 0.4) is 0 Å². The van der Waals surface area contributed by atoms with Crippen molar-refractivity contribution in [2.45, 2.75) is 27.2 Å². The minimum atomic E-state index is 0.0845. The van der Waals surface area contributed by atoms with Crippen LogP contribution in [-0.2, 0) is 0 Å². The smallest absolute Gasteiger partial charge is 0.254 e. The Balaban J connectivity index is 2.78. The van der Waals surface area contributed by atoms with Gasteiger partial charge in [0.1, 0.15) is 0 Å². The van der Waals surface area contributed by atoms with Gasteiger partial charge >= 0.3 is 0 Å². The van der Waals surface area contributed by atoms with Crippen molar-refractivity contribution < 1.29 is 4.79 Å². The highest BCUT2D eigenvalue weighted by Gasteiger charge is 2.15. The zero-order valence-electron chi connectivity index (χ0n) is 11.0. The average molecular weight is 298 g/mol. The van der Waals surface area contributed by atoms with Crippen LogP contribution in [0, 0.1) is 12.8 Å². The van der Waals surface area contributed by atoms with Crippen LogP contribution >= 0.6 is 15.9 Å². The molecule has 0 aliphatic carbocycles. The van der Waals surface area contributed by atoms with Crippen LogP contribution in [0.2, 0.25) is 0 Å². The van der Waals surface area contributed by atoms with Gasteiger partial charge in [-0.3, -0.25) is 4.79 Å². The van der Waals surface area contributed by atoms with E-state index >= 15 is 0 Å². The molecule has 1 amide bonds. The molecule has 0 saturated carbocycles. The fourth-order valence-electron chi connectivity index (χ4n) is 1.57. The fourth-order valence-corrected chi connectivity index (χ4v) is 2.01. The molecule has 0 saturated heterocycles. The SMILES string of the molecule is Cc1cccc(C(=O)N(C)CCC(C)C)c1Br. The van der Waals surface area contributed by atoms with Gasteiger partial charge < -0.3 is 4.90 Å². The number of aryl methyl sites for hydroxylation is 1. The van der Waals surface area contributed by atoms with Gasteiger partial charge in [-0.05, 0) is 46.8 Å². The first-order valence-corrected chi connectivity index (χ1v) is 6.73. The third-order valence-electron chi connectivity index (χ3n) is 2.81. The van der Waals surface area contributed by atoms with Crippen molar-refractivity contribution in [3.8, 4) is 0 Å². The molecular weight excluding hydrogens is 278 g/mol. The number of hydrogen-bond donors (Lipinski definition) is 0. The summed E-state index contributed by atoms with van der Waals surface area (Å²) in [5, 5.41) is 0. The molecule has 1 aromatic carbocycles. The van der Waals surface area contributed by atoms with E-state index in [1.165, 1.54) is 0 Å². The van der Waals surface area contributed by atoms with Gasteiger partial charge in [0, 0.05) is 18.1 Å². The van der Waals surface area contributed by atoms with Crippen molar-refractivity contribution in [1.82, 2.24) is 4.90 Å². The first kappa shape index (κ1) is 14.2. The van der Waals surface area contributed by atoms with E-state index in [0.717, 1.165) is 28.6 Å². The van der Waals surface area contributed by atoms with Gasteiger partial charge in [0.05, 0.1) is 5.56 Å². The maximum absolute atomic E-state index is 12.2. The number of carbonyl (C=O) groups excluding carboxylic acids is 1. The summed E-state index contributed by atoms with van der Waals surface area (Å²) in [7, 11) is 1.86. The molecule has 0 aliphatic heterocycles. The fraction of sp³-hybridized carbons (Fsp3) is 0.500. The molecule has 0 aliphatic rings. The molecule has 0 radical (unpaired) electrons. The molecule has 1 rings (SSSR count). The van der Waals surface area contributed by atoms with Gasteiger partial charge in [-0.25, -0.2) is 0 Å². The van der Waals surface area contributed by atoms with Gasteiger partial charge in [-0.15, -0.1) is 0 Å². The minimum Gasteiger partial charge on any atom is -0.342 e. The van der Waals surface area contributed by atoms with E-state index in [-0.39, 0.29) is 5.91 Å². The molecule has 0 heterocycles. The highest BCUT2D eigenvalue weighted by molar-refractivity contribution is 9.10. The second kappa shape index (κ2) is 6.20. The zero-order chi connectivity index (χ0) is 13.0. The highest BCUT2D eigenvalue weighted by atomic mass is 79.9. The van der Waals surface area contributed by atoms with Gasteiger partial charge in [0.2, 0.25) is 0 Å². The quantitative estimate of drug-likeness (QED) is 0.826. The predicted octanol–water partition coefficient (Wildman–Crippen LogP) is 3.88. The standard InChI is InChI=1S/C14H20BrNO/c1-10(2)8-9-16(4)14(17)12-7-5-6-11(3)13(12)15/h5-7,10H,8-9H2,1-4H3.